The van der Waals surface area contributed by atoms with Crippen LogP contribution in [0.2, 0.25) is 0 Å². The van der Waals surface area contributed by atoms with E-state index in [0.717, 1.165) is 57.8 Å². The van der Waals surface area contributed by atoms with Gasteiger partial charge < -0.3 is 14.9 Å². The van der Waals surface area contributed by atoms with Crippen molar-refractivity contribution in [3.8, 4) is 0 Å². The largest absolute Gasteiger partial charge is 0.459 e. The third-order valence-electron chi connectivity index (χ3n) is 14.3. The molecule has 0 aromatic rings. The average Bonchev–Trinajstić information content (AvgIpc) is 2.78. The molecular weight excluding hydrogens is 424 g/mol. The number of ether oxygens (including phenoxy) is 1. The first-order chi connectivity index (χ1) is 15.8. The second-order valence-corrected chi connectivity index (χ2v) is 15.1. The van der Waals surface area contributed by atoms with Gasteiger partial charge >= 0.3 is 5.97 Å². The summed E-state index contributed by atoms with van der Waals surface area (Å²) < 4.78 is 6.12. The van der Waals surface area contributed by atoms with Gasteiger partial charge in [-0.1, -0.05) is 34.6 Å². The van der Waals surface area contributed by atoms with Gasteiger partial charge in [0.2, 0.25) is 0 Å². The molecule has 5 aliphatic carbocycles. The average molecular weight is 473 g/mol. The zero-order valence-electron chi connectivity index (χ0n) is 22.5. The number of hydrogen-bond donors (Lipinski definition) is 2. The van der Waals surface area contributed by atoms with Crippen LogP contribution in [0.25, 0.3) is 0 Å². The molecule has 0 unspecified atom stereocenters. The Morgan fingerprint density at radius 2 is 1.59 bits per heavy atom. The molecule has 0 aromatic heterocycles. The van der Waals surface area contributed by atoms with E-state index >= 15 is 0 Å². The molecule has 192 valence electrons. The van der Waals surface area contributed by atoms with E-state index in [-0.39, 0.29) is 51.4 Å². The highest BCUT2D eigenvalue weighted by Crippen LogP contribution is 2.78. The third kappa shape index (κ3) is 2.42. The van der Waals surface area contributed by atoms with E-state index < -0.39 is 0 Å². The fraction of sp³-hybridized carbons (Fsp3) is 0.967. The molecule has 0 radical (unpaired) electrons. The standard InChI is InChI=1S/C30H48O4/c1-18-23-19-7-8-21-26(4)11-10-22(32)25(2,3)20(26)9-12-27(21,5)30(19,17-31)16-15-29(23)14-13-28(18,6)34-24(29)33/h18-23,31-32H,7-17H2,1-6H3/t18-,19-,20-,21+,22+,23-,26+,27+,28-,29-,30-/m0/s1. The molecule has 2 aliphatic heterocycles. The topological polar surface area (TPSA) is 66.8 Å². The molecule has 4 heteroatoms. The molecular formula is C30H48O4. The lowest BCUT2D eigenvalue weighted by Crippen LogP contribution is -2.73. The second kappa shape index (κ2) is 6.82. The monoisotopic (exact) mass is 472 g/mol. The van der Waals surface area contributed by atoms with Crippen molar-refractivity contribution in [1.29, 1.82) is 0 Å². The van der Waals surface area contributed by atoms with Crippen LogP contribution in [0.15, 0.2) is 0 Å². The minimum absolute atomic E-state index is 0.0520. The molecule has 0 amide bonds. The number of carbonyl (C=O) groups is 1. The minimum Gasteiger partial charge on any atom is -0.459 e. The molecule has 2 heterocycles. The Hall–Kier alpha value is -0.610. The van der Waals surface area contributed by atoms with Crippen molar-refractivity contribution in [2.75, 3.05) is 6.61 Å². The van der Waals surface area contributed by atoms with Crippen LogP contribution in [-0.4, -0.2) is 34.5 Å². The van der Waals surface area contributed by atoms with E-state index in [2.05, 4.69) is 41.5 Å². The van der Waals surface area contributed by atoms with E-state index in [1.54, 1.807) is 0 Å². The summed E-state index contributed by atoms with van der Waals surface area (Å²) in [5, 5.41) is 22.2. The molecule has 2 N–H and O–H groups in total. The van der Waals surface area contributed by atoms with Gasteiger partial charge in [0.1, 0.15) is 5.60 Å². The number of aliphatic hydroxyl groups is 2. The first-order valence-corrected chi connectivity index (χ1v) is 14.3. The van der Waals surface area contributed by atoms with Gasteiger partial charge in [-0.3, -0.25) is 4.79 Å². The van der Waals surface area contributed by atoms with E-state index in [9.17, 15) is 15.0 Å². The first kappa shape index (κ1) is 23.8. The van der Waals surface area contributed by atoms with Crippen molar-refractivity contribution in [1.82, 2.24) is 0 Å². The quantitative estimate of drug-likeness (QED) is 0.478. The Balaban J connectivity index is 1.44. The fourth-order valence-electron chi connectivity index (χ4n) is 12.2. The van der Waals surface area contributed by atoms with Crippen molar-refractivity contribution in [2.45, 2.75) is 117 Å². The summed E-state index contributed by atoms with van der Waals surface area (Å²) in [6.07, 6.45) is 10.2. The summed E-state index contributed by atoms with van der Waals surface area (Å²) in [5.74, 6) is 2.26. The Bertz CT molecular complexity index is 898. The van der Waals surface area contributed by atoms with Gasteiger partial charge in [0.05, 0.1) is 11.5 Å². The predicted molar refractivity (Wildman–Crippen MR) is 132 cm³/mol. The molecule has 5 saturated carbocycles. The summed E-state index contributed by atoms with van der Waals surface area (Å²) in [6, 6.07) is 0. The van der Waals surface area contributed by atoms with Gasteiger partial charge in [0, 0.05) is 12.0 Å². The summed E-state index contributed by atoms with van der Waals surface area (Å²) in [6.45, 7) is 14.4. The summed E-state index contributed by atoms with van der Waals surface area (Å²) in [5.41, 5.74) is -0.530. The van der Waals surface area contributed by atoms with E-state index in [1.165, 1.54) is 6.42 Å². The fourth-order valence-corrected chi connectivity index (χ4v) is 12.2. The highest BCUT2D eigenvalue weighted by atomic mass is 16.6. The lowest BCUT2D eigenvalue weighted by molar-refractivity contribution is -0.298. The molecule has 2 saturated heterocycles. The van der Waals surface area contributed by atoms with Crippen LogP contribution < -0.4 is 0 Å². The number of aliphatic hydroxyl groups excluding tert-OH is 2. The molecule has 7 fully saturated rings. The Morgan fingerprint density at radius 1 is 0.882 bits per heavy atom. The molecule has 0 aromatic carbocycles. The number of hydrogen-bond acceptors (Lipinski definition) is 4. The predicted octanol–water partition coefficient (Wildman–Crippen LogP) is 5.74. The van der Waals surface area contributed by atoms with E-state index in [4.69, 9.17) is 4.74 Å². The van der Waals surface area contributed by atoms with Crippen molar-refractivity contribution >= 4 is 5.97 Å². The number of rotatable bonds is 1. The summed E-state index contributed by atoms with van der Waals surface area (Å²) >= 11 is 0. The van der Waals surface area contributed by atoms with Gasteiger partial charge in [-0.25, -0.2) is 0 Å². The van der Waals surface area contributed by atoms with Gasteiger partial charge in [0.25, 0.3) is 0 Å². The van der Waals surface area contributed by atoms with Crippen molar-refractivity contribution in [3.05, 3.63) is 0 Å². The number of esters is 1. The molecule has 34 heavy (non-hydrogen) atoms. The zero-order valence-corrected chi connectivity index (χ0v) is 22.5. The molecule has 4 nitrogen and oxygen atoms in total. The van der Waals surface area contributed by atoms with Crippen LogP contribution in [0, 0.1) is 56.7 Å². The maximum atomic E-state index is 13.4. The number of carbonyl (C=O) groups excluding carboxylic acids is 1. The van der Waals surface area contributed by atoms with Gasteiger partial charge in [-0.2, -0.15) is 0 Å². The maximum absolute atomic E-state index is 13.4. The van der Waals surface area contributed by atoms with Crippen LogP contribution in [-0.2, 0) is 9.53 Å². The highest BCUT2D eigenvalue weighted by molar-refractivity contribution is 5.80. The SMILES string of the molecule is C[C@H]1[C@H]2[C@@H]3CC[C@@H]4[C@]5(C)CC[C@@H](O)C(C)(C)[C@@H]5CC[C@@]4(C)[C@]3(CO)CC[C@@]23CC[C@]1(C)OC3=O. The van der Waals surface area contributed by atoms with Crippen molar-refractivity contribution < 1.29 is 19.7 Å². The Kier molecular flexibility index (Phi) is 4.77. The van der Waals surface area contributed by atoms with E-state index in [0.29, 0.717) is 29.6 Å². The van der Waals surface area contributed by atoms with Gasteiger partial charge in [-0.05, 0) is 117 Å². The normalized spacial score (nSPS) is 59.8. The first-order valence-electron chi connectivity index (χ1n) is 14.3. The molecule has 2 bridgehead atoms. The smallest absolute Gasteiger partial charge is 0.312 e. The summed E-state index contributed by atoms with van der Waals surface area (Å²) in [4.78, 5) is 13.4. The van der Waals surface area contributed by atoms with Crippen LogP contribution in [0.4, 0.5) is 0 Å². The number of fused-ring (bicyclic) bond motifs is 7. The minimum atomic E-state index is -0.340. The van der Waals surface area contributed by atoms with Crippen LogP contribution in [0.5, 0.6) is 0 Å². The van der Waals surface area contributed by atoms with Crippen LogP contribution >= 0.6 is 0 Å². The van der Waals surface area contributed by atoms with Crippen LogP contribution in [0.3, 0.4) is 0 Å². The molecule has 7 rings (SSSR count). The zero-order chi connectivity index (χ0) is 24.5. The highest BCUT2D eigenvalue weighted by Gasteiger charge is 2.75. The lowest BCUT2D eigenvalue weighted by Gasteiger charge is -2.75. The third-order valence-corrected chi connectivity index (χ3v) is 14.3. The summed E-state index contributed by atoms with van der Waals surface area (Å²) in [7, 11) is 0. The van der Waals surface area contributed by atoms with Gasteiger partial charge in [0.15, 0.2) is 0 Å². The molecule has 11 atom stereocenters. The molecule has 7 aliphatic rings. The Labute approximate surface area is 206 Å². The van der Waals surface area contributed by atoms with Crippen molar-refractivity contribution in [3.63, 3.8) is 0 Å². The van der Waals surface area contributed by atoms with Gasteiger partial charge in [-0.15, -0.1) is 0 Å². The van der Waals surface area contributed by atoms with Crippen molar-refractivity contribution in [2.24, 2.45) is 56.7 Å². The lowest BCUT2D eigenvalue weighted by atomic mass is 9.30. The maximum Gasteiger partial charge on any atom is 0.312 e. The molecule has 1 spiro atoms. The van der Waals surface area contributed by atoms with Crippen LogP contribution in [0.1, 0.15) is 106 Å². The second-order valence-electron chi connectivity index (χ2n) is 15.1. The van der Waals surface area contributed by atoms with E-state index in [1.807, 2.05) is 0 Å². The Morgan fingerprint density at radius 3 is 2.26 bits per heavy atom.